The fourth-order valence-electron chi connectivity index (χ4n) is 5.18. The molecule has 0 spiro atoms. The molecular weight excluding hydrogens is 495 g/mol. The van der Waals surface area contributed by atoms with Gasteiger partial charge < -0.3 is 20.0 Å². The van der Waals surface area contributed by atoms with Crippen LogP contribution < -0.4 is 10.6 Å². The van der Waals surface area contributed by atoms with E-state index in [9.17, 15) is 18.8 Å². The number of hydrogen-bond donors (Lipinski definition) is 2. The van der Waals surface area contributed by atoms with Crippen LogP contribution in [0.25, 0.3) is 11.5 Å². The van der Waals surface area contributed by atoms with E-state index in [2.05, 4.69) is 15.6 Å². The van der Waals surface area contributed by atoms with Gasteiger partial charge in [-0.3, -0.25) is 14.4 Å². The van der Waals surface area contributed by atoms with Crippen LogP contribution >= 0.6 is 11.3 Å². The Morgan fingerprint density at radius 2 is 1.86 bits per heavy atom. The van der Waals surface area contributed by atoms with E-state index >= 15 is 0 Å². The minimum Gasteiger partial charge on any atom is -0.463 e. The van der Waals surface area contributed by atoms with Gasteiger partial charge in [-0.15, -0.1) is 11.3 Å². The molecular formula is C27H29FN4O4S. The van der Waals surface area contributed by atoms with E-state index in [1.807, 2.05) is 6.07 Å². The molecule has 3 heterocycles. The van der Waals surface area contributed by atoms with Gasteiger partial charge in [-0.25, -0.2) is 9.37 Å². The van der Waals surface area contributed by atoms with E-state index in [1.54, 1.807) is 41.8 Å². The number of aromatic nitrogens is 1. The number of amides is 3. The molecule has 1 aliphatic carbocycles. The molecule has 3 amide bonds. The fraction of sp³-hybridized carbons (Fsp3) is 0.407. The number of rotatable bonds is 7. The Hall–Kier alpha value is -3.53. The van der Waals surface area contributed by atoms with Gasteiger partial charge in [0.05, 0.1) is 12.8 Å². The summed E-state index contributed by atoms with van der Waals surface area (Å²) in [5.74, 6) is -0.749. The van der Waals surface area contributed by atoms with Gasteiger partial charge in [0.15, 0.2) is 10.9 Å². The summed E-state index contributed by atoms with van der Waals surface area (Å²) in [6.07, 6.45) is 4.72. The highest BCUT2D eigenvalue weighted by atomic mass is 32.1. The molecule has 2 N–H and O–H groups in total. The Bertz CT molecular complexity index is 1230. The Morgan fingerprint density at radius 3 is 2.59 bits per heavy atom. The van der Waals surface area contributed by atoms with Crippen LogP contribution in [-0.4, -0.2) is 52.4 Å². The molecule has 0 radical (unpaired) electrons. The van der Waals surface area contributed by atoms with Crippen LogP contribution in [0.5, 0.6) is 0 Å². The van der Waals surface area contributed by atoms with E-state index < -0.39 is 30.1 Å². The lowest BCUT2D eigenvalue weighted by molar-refractivity contribution is -0.139. The monoisotopic (exact) mass is 524 g/mol. The van der Waals surface area contributed by atoms with Crippen molar-refractivity contribution in [2.45, 2.75) is 56.8 Å². The molecule has 10 heteroatoms. The predicted octanol–water partition coefficient (Wildman–Crippen LogP) is 4.66. The standard InChI is InChI=1S/C27H29FN4O4S/c28-19-14-21(25(34)31-27-29-20(16-37-27)22-12-7-13-36-22)32(15-19)26(35)23(17-8-3-1-4-9-17)30-24(33)18-10-5-2-6-11-18/h2,5-7,10-13,16-17,19,21,23H,1,3-4,8-9,14-15H2,(H,30,33)(H,29,31,34). The van der Waals surface area contributed by atoms with Gasteiger partial charge in [0, 0.05) is 17.4 Å². The highest BCUT2D eigenvalue weighted by Gasteiger charge is 2.44. The maximum atomic E-state index is 14.6. The topological polar surface area (TPSA) is 105 Å². The van der Waals surface area contributed by atoms with Gasteiger partial charge in [-0.2, -0.15) is 0 Å². The number of nitrogens with one attached hydrogen (secondary N) is 2. The van der Waals surface area contributed by atoms with Crippen LogP contribution in [0, 0.1) is 5.92 Å². The molecule has 1 saturated carbocycles. The van der Waals surface area contributed by atoms with Crippen molar-refractivity contribution < 1.29 is 23.2 Å². The number of hydrogen-bond acceptors (Lipinski definition) is 6. The van der Waals surface area contributed by atoms with Gasteiger partial charge >= 0.3 is 0 Å². The third kappa shape index (κ3) is 5.74. The van der Waals surface area contributed by atoms with Gasteiger partial charge in [-0.1, -0.05) is 37.5 Å². The lowest BCUT2D eigenvalue weighted by Crippen LogP contribution is -2.55. The van der Waals surface area contributed by atoms with Crippen LogP contribution in [0.1, 0.15) is 48.9 Å². The highest BCUT2D eigenvalue weighted by molar-refractivity contribution is 7.14. The van der Waals surface area contributed by atoms with Crippen LogP contribution in [0.15, 0.2) is 58.5 Å². The number of alkyl halides is 1. The van der Waals surface area contributed by atoms with Crippen molar-refractivity contribution in [2.24, 2.45) is 5.92 Å². The minimum absolute atomic E-state index is 0.0638. The minimum atomic E-state index is -1.33. The zero-order valence-corrected chi connectivity index (χ0v) is 21.1. The number of thiazole rings is 1. The number of carbonyl (C=O) groups excluding carboxylic acids is 3. The summed E-state index contributed by atoms with van der Waals surface area (Å²) < 4.78 is 20.0. The molecule has 3 aromatic rings. The molecule has 5 rings (SSSR count). The Labute approximate surface area is 218 Å². The van der Waals surface area contributed by atoms with Crippen LogP contribution in [0.3, 0.4) is 0 Å². The normalized spacial score (nSPS) is 20.9. The van der Waals surface area contributed by atoms with E-state index in [4.69, 9.17) is 4.42 Å². The van der Waals surface area contributed by atoms with Crippen molar-refractivity contribution >= 4 is 34.2 Å². The predicted molar refractivity (Wildman–Crippen MR) is 138 cm³/mol. The van der Waals surface area contributed by atoms with E-state index in [1.165, 1.54) is 22.5 Å². The first-order valence-corrected chi connectivity index (χ1v) is 13.5. The molecule has 3 unspecified atom stereocenters. The third-order valence-electron chi connectivity index (χ3n) is 7.05. The first-order valence-electron chi connectivity index (χ1n) is 12.6. The van der Waals surface area contributed by atoms with Crippen molar-refractivity contribution in [1.82, 2.24) is 15.2 Å². The summed E-state index contributed by atoms with van der Waals surface area (Å²) in [6.45, 7) is -0.184. The number of nitrogens with zero attached hydrogens (tertiary/aromatic N) is 2. The second-order valence-electron chi connectivity index (χ2n) is 9.56. The molecule has 1 saturated heterocycles. The lowest BCUT2D eigenvalue weighted by atomic mass is 9.83. The molecule has 2 aromatic heterocycles. The molecule has 37 heavy (non-hydrogen) atoms. The number of halogens is 1. The molecule has 2 fully saturated rings. The number of furan rings is 1. The maximum absolute atomic E-state index is 14.6. The van der Waals surface area contributed by atoms with Crippen LogP contribution in [0.4, 0.5) is 9.52 Å². The SMILES string of the molecule is O=C(NC(C(=O)N1CC(F)CC1C(=O)Nc1nc(-c2ccco2)cs1)C1CCCCC1)c1ccccc1. The zero-order chi connectivity index (χ0) is 25.8. The Kier molecular flexibility index (Phi) is 7.64. The van der Waals surface area contributed by atoms with Gasteiger partial charge in [0.2, 0.25) is 11.8 Å². The zero-order valence-electron chi connectivity index (χ0n) is 20.3. The molecule has 8 nitrogen and oxygen atoms in total. The summed E-state index contributed by atoms with van der Waals surface area (Å²) in [4.78, 5) is 45.7. The summed E-state index contributed by atoms with van der Waals surface area (Å²) in [5.41, 5.74) is 1.03. The second kappa shape index (κ2) is 11.2. The second-order valence-corrected chi connectivity index (χ2v) is 10.4. The van der Waals surface area contributed by atoms with E-state index in [0.717, 1.165) is 32.1 Å². The number of benzene rings is 1. The van der Waals surface area contributed by atoms with Crippen LogP contribution in [0.2, 0.25) is 0 Å². The van der Waals surface area contributed by atoms with Crippen LogP contribution in [-0.2, 0) is 9.59 Å². The summed E-state index contributed by atoms with van der Waals surface area (Å²) in [6, 6.07) is 10.4. The largest absolute Gasteiger partial charge is 0.463 e. The van der Waals surface area contributed by atoms with Crippen molar-refractivity contribution in [3.05, 3.63) is 59.7 Å². The quantitative estimate of drug-likeness (QED) is 0.468. The molecule has 3 atom stereocenters. The first-order chi connectivity index (χ1) is 18.0. The summed E-state index contributed by atoms with van der Waals surface area (Å²) in [7, 11) is 0. The molecule has 1 aromatic carbocycles. The molecule has 2 aliphatic rings. The van der Waals surface area contributed by atoms with Gasteiger partial charge in [0.25, 0.3) is 5.91 Å². The summed E-state index contributed by atoms with van der Waals surface area (Å²) in [5, 5.41) is 7.75. The number of likely N-dealkylation sites (tertiary alicyclic amines) is 1. The Morgan fingerprint density at radius 1 is 1.08 bits per heavy atom. The third-order valence-corrected chi connectivity index (χ3v) is 7.81. The number of carbonyl (C=O) groups is 3. The average Bonchev–Trinajstić information content (AvgIpc) is 3.69. The molecule has 0 bridgehead atoms. The van der Waals surface area contributed by atoms with Crippen molar-refractivity contribution in [3.8, 4) is 11.5 Å². The van der Waals surface area contributed by atoms with E-state index in [0.29, 0.717) is 22.1 Å². The first kappa shape index (κ1) is 25.1. The average molecular weight is 525 g/mol. The lowest BCUT2D eigenvalue weighted by Gasteiger charge is -2.34. The van der Waals surface area contributed by atoms with E-state index in [-0.39, 0.29) is 24.8 Å². The smallest absolute Gasteiger partial charge is 0.251 e. The molecule has 194 valence electrons. The van der Waals surface area contributed by atoms with Crippen molar-refractivity contribution in [3.63, 3.8) is 0 Å². The van der Waals surface area contributed by atoms with Crippen molar-refractivity contribution in [1.29, 1.82) is 0 Å². The fourth-order valence-corrected chi connectivity index (χ4v) is 5.88. The highest BCUT2D eigenvalue weighted by Crippen LogP contribution is 2.31. The molecule has 1 aliphatic heterocycles. The van der Waals surface area contributed by atoms with Gasteiger partial charge in [-0.05, 0) is 43.0 Å². The summed E-state index contributed by atoms with van der Waals surface area (Å²) >= 11 is 1.22. The maximum Gasteiger partial charge on any atom is 0.251 e. The Balaban J connectivity index is 1.33. The van der Waals surface area contributed by atoms with Gasteiger partial charge in [0.1, 0.15) is 23.9 Å². The van der Waals surface area contributed by atoms with Crippen molar-refractivity contribution in [2.75, 3.05) is 11.9 Å². The number of anilines is 1.